The van der Waals surface area contributed by atoms with Crippen LogP contribution in [0.1, 0.15) is 35.7 Å². The van der Waals surface area contributed by atoms with Gasteiger partial charge in [0.25, 0.3) is 0 Å². The van der Waals surface area contributed by atoms with Crippen molar-refractivity contribution in [1.29, 1.82) is 0 Å². The monoisotopic (exact) mass is 332 g/mol. The van der Waals surface area contributed by atoms with Crippen molar-refractivity contribution in [3.8, 4) is 0 Å². The third kappa shape index (κ3) is 4.21. The fourth-order valence-electron chi connectivity index (χ4n) is 1.64. The standard InChI is InChI=1S/C13H17BrO3S/c1-3-18(16,17)9-5-8-13(15)11-6-4-7-12(14)10(11)2/h4,6-7H,3,5,8-9H2,1-2H3. The van der Waals surface area contributed by atoms with Gasteiger partial charge in [-0.2, -0.15) is 0 Å². The molecule has 0 heterocycles. The van der Waals surface area contributed by atoms with E-state index in [-0.39, 0.29) is 23.7 Å². The Hall–Kier alpha value is -0.680. The molecule has 0 aliphatic heterocycles. The third-order valence-corrected chi connectivity index (χ3v) is 5.52. The lowest BCUT2D eigenvalue weighted by molar-refractivity contribution is 0.0981. The topological polar surface area (TPSA) is 51.2 Å². The van der Waals surface area contributed by atoms with Crippen molar-refractivity contribution in [2.24, 2.45) is 0 Å². The van der Waals surface area contributed by atoms with Gasteiger partial charge >= 0.3 is 0 Å². The normalized spacial score (nSPS) is 11.5. The van der Waals surface area contributed by atoms with Gasteiger partial charge in [0.05, 0.1) is 5.75 Å². The smallest absolute Gasteiger partial charge is 0.163 e. The number of hydrogen-bond acceptors (Lipinski definition) is 3. The Balaban J connectivity index is 2.64. The van der Waals surface area contributed by atoms with Gasteiger partial charge < -0.3 is 0 Å². The van der Waals surface area contributed by atoms with Crippen molar-refractivity contribution in [1.82, 2.24) is 0 Å². The first-order valence-electron chi connectivity index (χ1n) is 5.86. The van der Waals surface area contributed by atoms with Crippen LogP contribution in [0.5, 0.6) is 0 Å². The number of carbonyl (C=O) groups excluding carboxylic acids is 1. The molecule has 0 fully saturated rings. The molecule has 1 aromatic carbocycles. The second-order valence-corrected chi connectivity index (χ2v) is 7.50. The molecule has 18 heavy (non-hydrogen) atoms. The summed E-state index contributed by atoms with van der Waals surface area (Å²) in [6.45, 7) is 3.50. The molecule has 0 saturated carbocycles. The van der Waals surface area contributed by atoms with Gasteiger partial charge in [0.15, 0.2) is 5.78 Å². The van der Waals surface area contributed by atoms with Crippen LogP contribution in [0.15, 0.2) is 22.7 Å². The number of Topliss-reactive ketones (excluding diaryl/α,β-unsaturated/α-hetero) is 1. The van der Waals surface area contributed by atoms with Gasteiger partial charge in [-0.15, -0.1) is 0 Å². The summed E-state index contributed by atoms with van der Waals surface area (Å²) in [5.41, 5.74) is 1.57. The van der Waals surface area contributed by atoms with Crippen LogP contribution in [-0.2, 0) is 9.84 Å². The highest BCUT2D eigenvalue weighted by Gasteiger charge is 2.13. The summed E-state index contributed by atoms with van der Waals surface area (Å²) in [6.07, 6.45) is 0.664. The van der Waals surface area contributed by atoms with Gasteiger partial charge in [0, 0.05) is 22.2 Å². The quantitative estimate of drug-likeness (QED) is 0.752. The zero-order chi connectivity index (χ0) is 13.8. The minimum atomic E-state index is -2.98. The average molecular weight is 333 g/mol. The minimum Gasteiger partial charge on any atom is -0.294 e. The predicted octanol–water partition coefficient (Wildman–Crippen LogP) is 3.16. The fourth-order valence-corrected chi connectivity index (χ4v) is 2.88. The highest BCUT2D eigenvalue weighted by atomic mass is 79.9. The molecule has 0 aliphatic carbocycles. The Morgan fingerprint density at radius 2 is 2.00 bits per heavy atom. The first-order valence-corrected chi connectivity index (χ1v) is 8.47. The summed E-state index contributed by atoms with van der Waals surface area (Å²) < 4.78 is 23.5. The third-order valence-electron chi connectivity index (χ3n) is 2.87. The highest BCUT2D eigenvalue weighted by Crippen LogP contribution is 2.21. The first-order chi connectivity index (χ1) is 8.37. The molecule has 0 unspecified atom stereocenters. The number of hydrogen-bond donors (Lipinski definition) is 0. The van der Waals surface area contributed by atoms with Crippen molar-refractivity contribution in [2.45, 2.75) is 26.7 Å². The van der Waals surface area contributed by atoms with Gasteiger partial charge in [-0.25, -0.2) is 8.42 Å². The van der Waals surface area contributed by atoms with Gasteiger partial charge in [0.2, 0.25) is 0 Å². The van der Waals surface area contributed by atoms with Crippen LogP contribution in [0.4, 0.5) is 0 Å². The zero-order valence-electron chi connectivity index (χ0n) is 10.6. The van der Waals surface area contributed by atoms with Gasteiger partial charge in [-0.05, 0) is 25.0 Å². The van der Waals surface area contributed by atoms with E-state index in [1.165, 1.54) is 0 Å². The first kappa shape index (κ1) is 15.4. The largest absolute Gasteiger partial charge is 0.294 e. The molecule has 0 bridgehead atoms. The lowest BCUT2D eigenvalue weighted by Gasteiger charge is -2.06. The maximum atomic E-state index is 12.0. The molecule has 3 nitrogen and oxygen atoms in total. The van der Waals surface area contributed by atoms with Crippen LogP contribution in [0.2, 0.25) is 0 Å². The molecule has 1 aromatic rings. The van der Waals surface area contributed by atoms with Gasteiger partial charge in [-0.1, -0.05) is 35.0 Å². The molecule has 0 aromatic heterocycles. The molecular formula is C13H17BrO3S. The van der Waals surface area contributed by atoms with Gasteiger partial charge in [0.1, 0.15) is 9.84 Å². The Morgan fingerprint density at radius 3 is 2.61 bits per heavy atom. The van der Waals surface area contributed by atoms with E-state index in [4.69, 9.17) is 0 Å². The van der Waals surface area contributed by atoms with Crippen LogP contribution in [0, 0.1) is 6.92 Å². The van der Waals surface area contributed by atoms with E-state index in [1.807, 2.05) is 19.1 Å². The van der Waals surface area contributed by atoms with Crippen LogP contribution < -0.4 is 0 Å². The Labute approximate surface area is 117 Å². The number of carbonyl (C=O) groups is 1. The highest BCUT2D eigenvalue weighted by molar-refractivity contribution is 9.10. The molecule has 1 rings (SSSR count). The van der Waals surface area contributed by atoms with Crippen LogP contribution in [0.25, 0.3) is 0 Å². The molecule has 0 atom stereocenters. The molecule has 0 radical (unpaired) electrons. The lowest BCUT2D eigenvalue weighted by atomic mass is 10.0. The van der Waals surface area contributed by atoms with E-state index in [9.17, 15) is 13.2 Å². The SMILES string of the molecule is CCS(=O)(=O)CCCC(=O)c1cccc(Br)c1C. The van der Waals surface area contributed by atoms with Crippen molar-refractivity contribution in [3.05, 3.63) is 33.8 Å². The molecule has 100 valence electrons. The Kier molecular flexibility index (Phi) is 5.53. The summed E-state index contributed by atoms with van der Waals surface area (Å²) in [5.74, 6) is 0.222. The van der Waals surface area contributed by atoms with E-state index in [2.05, 4.69) is 15.9 Å². The molecule has 0 saturated heterocycles. The summed E-state index contributed by atoms with van der Waals surface area (Å²) in [6, 6.07) is 5.47. The molecular weight excluding hydrogens is 316 g/mol. The van der Waals surface area contributed by atoms with E-state index >= 15 is 0 Å². The maximum Gasteiger partial charge on any atom is 0.163 e. The van der Waals surface area contributed by atoms with E-state index in [1.54, 1.807) is 13.0 Å². The molecule has 0 spiro atoms. The summed E-state index contributed by atoms with van der Waals surface area (Å²) in [4.78, 5) is 12.0. The van der Waals surface area contributed by atoms with Crippen LogP contribution >= 0.6 is 15.9 Å². The fraction of sp³-hybridized carbons (Fsp3) is 0.462. The van der Waals surface area contributed by atoms with E-state index < -0.39 is 9.84 Å². The molecule has 0 aliphatic rings. The van der Waals surface area contributed by atoms with Crippen molar-refractivity contribution < 1.29 is 13.2 Å². The van der Waals surface area contributed by atoms with E-state index in [0.29, 0.717) is 12.0 Å². The Morgan fingerprint density at radius 1 is 1.33 bits per heavy atom. The maximum absolute atomic E-state index is 12.0. The van der Waals surface area contributed by atoms with Crippen LogP contribution in [-0.4, -0.2) is 25.7 Å². The van der Waals surface area contributed by atoms with Crippen molar-refractivity contribution >= 4 is 31.6 Å². The summed E-state index contributed by atoms with van der Waals surface area (Å²) >= 11 is 3.38. The van der Waals surface area contributed by atoms with Gasteiger partial charge in [-0.3, -0.25) is 4.79 Å². The number of halogens is 1. The minimum absolute atomic E-state index is 0.0000954. The Bertz CT molecular complexity index is 535. The second-order valence-electron chi connectivity index (χ2n) is 4.18. The average Bonchev–Trinajstić information content (AvgIpc) is 2.32. The number of ketones is 1. The summed E-state index contributed by atoms with van der Waals surface area (Å²) in [7, 11) is -2.98. The zero-order valence-corrected chi connectivity index (χ0v) is 13.0. The predicted molar refractivity (Wildman–Crippen MR) is 76.8 cm³/mol. The second kappa shape index (κ2) is 6.48. The van der Waals surface area contributed by atoms with Crippen molar-refractivity contribution in [3.63, 3.8) is 0 Å². The lowest BCUT2D eigenvalue weighted by Crippen LogP contribution is -2.11. The van der Waals surface area contributed by atoms with Crippen LogP contribution in [0.3, 0.4) is 0 Å². The number of benzene rings is 1. The molecule has 5 heteroatoms. The van der Waals surface area contributed by atoms with E-state index in [0.717, 1.165) is 10.0 Å². The van der Waals surface area contributed by atoms with Crippen molar-refractivity contribution in [2.75, 3.05) is 11.5 Å². The number of sulfone groups is 1. The number of rotatable bonds is 6. The molecule has 0 amide bonds. The summed E-state index contributed by atoms with van der Waals surface area (Å²) in [5, 5.41) is 0. The molecule has 0 N–H and O–H groups in total.